The zero-order valence-electron chi connectivity index (χ0n) is 11.2. The first-order valence-electron chi connectivity index (χ1n) is 6.83. The van der Waals surface area contributed by atoms with Gasteiger partial charge >= 0.3 is 0 Å². The van der Waals surface area contributed by atoms with E-state index in [1.165, 1.54) is 12.6 Å². The second-order valence-corrected chi connectivity index (χ2v) is 5.51. The molecule has 1 aromatic heterocycles. The van der Waals surface area contributed by atoms with Gasteiger partial charge in [0.25, 0.3) is 5.91 Å². The molecule has 1 aliphatic heterocycles. The lowest BCUT2D eigenvalue weighted by atomic mass is 9.61. The summed E-state index contributed by atoms with van der Waals surface area (Å²) >= 11 is 0. The lowest BCUT2D eigenvalue weighted by Crippen LogP contribution is -2.54. The molecular formula is C14H19N3O2. The quantitative estimate of drug-likeness (QED) is 0.809. The Hall–Kier alpha value is -1.49. The number of carbonyl (C=O) groups excluding carboxylic acids is 1. The lowest BCUT2D eigenvalue weighted by molar-refractivity contribution is -0.116. The van der Waals surface area contributed by atoms with Gasteiger partial charge in [-0.25, -0.2) is 4.98 Å². The second kappa shape index (κ2) is 4.89. The van der Waals surface area contributed by atoms with Crippen LogP contribution in [0.4, 0.5) is 0 Å². The molecule has 3 rings (SSSR count). The van der Waals surface area contributed by atoms with Crippen LogP contribution in [0.25, 0.3) is 0 Å². The van der Waals surface area contributed by atoms with Crippen LogP contribution in [-0.2, 0) is 4.74 Å². The van der Waals surface area contributed by atoms with E-state index < -0.39 is 0 Å². The van der Waals surface area contributed by atoms with E-state index in [2.05, 4.69) is 9.97 Å². The molecule has 0 bridgehead atoms. The van der Waals surface area contributed by atoms with E-state index in [0.29, 0.717) is 17.2 Å². The van der Waals surface area contributed by atoms with E-state index in [1.807, 2.05) is 4.90 Å². The number of hydrogen-bond donors (Lipinski definition) is 0. The van der Waals surface area contributed by atoms with Crippen molar-refractivity contribution in [3.05, 3.63) is 24.3 Å². The summed E-state index contributed by atoms with van der Waals surface area (Å²) in [5.74, 6) is -0.00348. The van der Waals surface area contributed by atoms with E-state index in [9.17, 15) is 4.79 Å². The fourth-order valence-electron chi connectivity index (χ4n) is 3.34. The van der Waals surface area contributed by atoms with Crippen molar-refractivity contribution in [2.24, 2.45) is 5.41 Å². The molecule has 1 aliphatic carbocycles. The Kier molecular flexibility index (Phi) is 3.22. The number of methoxy groups -OCH3 is 1. The molecule has 1 atom stereocenters. The number of piperidine rings is 1. The SMILES string of the molecule is COC1CCC12CCN(C(=O)c1cnccn1)CC2. The van der Waals surface area contributed by atoms with E-state index in [0.717, 1.165) is 32.4 Å². The number of nitrogens with zero attached hydrogens (tertiary/aromatic N) is 3. The van der Waals surface area contributed by atoms with Crippen LogP contribution in [0.2, 0.25) is 0 Å². The summed E-state index contributed by atoms with van der Waals surface area (Å²) in [6.45, 7) is 1.60. The number of hydrogen-bond acceptors (Lipinski definition) is 4. The minimum Gasteiger partial charge on any atom is -0.381 e. The van der Waals surface area contributed by atoms with Gasteiger partial charge in [-0.05, 0) is 25.7 Å². The maximum absolute atomic E-state index is 12.3. The molecule has 1 amide bonds. The topological polar surface area (TPSA) is 55.3 Å². The van der Waals surface area contributed by atoms with Gasteiger partial charge in [0.2, 0.25) is 0 Å². The summed E-state index contributed by atoms with van der Waals surface area (Å²) < 4.78 is 5.53. The van der Waals surface area contributed by atoms with Gasteiger partial charge in [0.15, 0.2) is 0 Å². The molecular weight excluding hydrogens is 242 g/mol. The van der Waals surface area contributed by atoms with Crippen LogP contribution < -0.4 is 0 Å². The predicted octanol–water partition coefficient (Wildman–Crippen LogP) is 1.51. The average molecular weight is 261 g/mol. The molecule has 19 heavy (non-hydrogen) atoms. The highest BCUT2D eigenvalue weighted by Gasteiger charge is 2.49. The Bertz CT molecular complexity index is 453. The molecule has 2 aliphatic rings. The first-order chi connectivity index (χ1) is 9.25. The number of ether oxygens (including phenoxy) is 1. The Labute approximate surface area is 113 Å². The third-order valence-corrected chi connectivity index (χ3v) is 4.70. The molecule has 102 valence electrons. The van der Waals surface area contributed by atoms with Crippen LogP contribution >= 0.6 is 0 Å². The van der Waals surface area contributed by atoms with Gasteiger partial charge in [0, 0.05) is 38.0 Å². The Morgan fingerprint density at radius 2 is 2.16 bits per heavy atom. The van der Waals surface area contributed by atoms with E-state index in [-0.39, 0.29) is 5.91 Å². The van der Waals surface area contributed by atoms with Crippen molar-refractivity contribution >= 4 is 5.91 Å². The zero-order chi connectivity index (χ0) is 13.3. The summed E-state index contributed by atoms with van der Waals surface area (Å²) in [5.41, 5.74) is 0.767. The smallest absolute Gasteiger partial charge is 0.274 e. The fraction of sp³-hybridized carbons (Fsp3) is 0.643. The minimum absolute atomic E-state index is 0.00348. The predicted molar refractivity (Wildman–Crippen MR) is 69.6 cm³/mol. The van der Waals surface area contributed by atoms with E-state index >= 15 is 0 Å². The van der Waals surface area contributed by atoms with E-state index in [4.69, 9.17) is 4.74 Å². The number of likely N-dealkylation sites (tertiary alicyclic amines) is 1. The van der Waals surface area contributed by atoms with Crippen LogP contribution in [0.3, 0.4) is 0 Å². The third kappa shape index (κ3) is 2.12. The molecule has 2 heterocycles. The van der Waals surface area contributed by atoms with Crippen molar-refractivity contribution in [3.8, 4) is 0 Å². The highest BCUT2D eigenvalue weighted by atomic mass is 16.5. The molecule has 0 aromatic carbocycles. The molecule has 0 N–H and O–H groups in total. The van der Waals surface area contributed by atoms with Gasteiger partial charge in [-0.1, -0.05) is 0 Å². The Morgan fingerprint density at radius 3 is 2.68 bits per heavy atom. The second-order valence-electron chi connectivity index (χ2n) is 5.51. The molecule has 5 heteroatoms. The average Bonchev–Trinajstić information content (AvgIpc) is 2.47. The summed E-state index contributed by atoms with van der Waals surface area (Å²) in [6, 6.07) is 0. The molecule has 1 aromatic rings. The van der Waals surface area contributed by atoms with Gasteiger partial charge < -0.3 is 9.64 Å². The Balaban J connectivity index is 1.63. The van der Waals surface area contributed by atoms with Crippen molar-refractivity contribution in [1.82, 2.24) is 14.9 Å². The first kappa shape index (κ1) is 12.5. The van der Waals surface area contributed by atoms with Gasteiger partial charge in [0.05, 0.1) is 12.3 Å². The molecule has 1 saturated carbocycles. The summed E-state index contributed by atoms with van der Waals surface area (Å²) in [4.78, 5) is 22.2. The normalized spacial score (nSPS) is 25.1. The minimum atomic E-state index is -0.00348. The number of rotatable bonds is 2. The van der Waals surface area contributed by atoms with Crippen LogP contribution in [0.15, 0.2) is 18.6 Å². The molecule has 5 nitrogen and oxygen atoms in total. The first-order valence-corrected chi connectivity index (χ1v) is 6.83. The van der Waals surface area contributed by atoms with Crippen molar-refractivity contribution < 1.29 is 9.53 Å². The van der Waals surface area contributed by atoms with Gasteiger partial charge in [0.1, 0.15) is 5.69 Å². The maximum atomic E-state index is 12.3. The number of carbonyl (C=O) groups is 1. The monoisotopic (exact) mass is 261 g/mol. The highest BCUT2D eigenvalue weighted by molar-refractivity contribution is 5.92. The van der Waals surface area contributed by atoms with E-state index in [1.54, 1.807) is 19.5 Å². The fourth-order valence-corrected chi connectivity index (χ4v) is 3.34. The number of aromatic nitrogens is 2. The van der Waals surface area contributed by atoms with Crippen LogP contribution in [0.1, 0.15) is 36.2 Å². The van der Waals surface area contributed by atoms with Crippen molar-refractivity contribution in [3.63, 3.8) is 0 Å². The standard InChI is InChI=1S/C14H19N3O2/c1-19-12-2-3-14(12)4-8-17(9-5-14)13(18)11-10-15-6-7-16-11/h6-7,10,12H,2-5,8-9H2,1H3. The molecule has 1 saturated heterocycles. The van der Waals surface area contributed by atoms with Gasteiger partial charge in [-0.3, -0.25) is 9.78 Å². The maximum Gasteiger partial charge on any atom is 0.274 e. The summed E-state index contributed by atoms with van der Waals surface area (Å²) in [7, 11) is 1.79. The molecule has 0 radical (unpaired) electrons. The highest BCUT2D eigenvalue weighted by Crippen LogP contribution is 2.50. The molecule has 1 spiro atoms. The van der Waals surface area contributed by atoms with Crippen molar-refractivity contribution in [2.45, 2.75) is 31.8 Å². The van der Waals surface area contributed by atoms with Crippen LogP contribution in [0.5, 0.6) is 0 Å². The Morgan fingerprint density at radius 1 is 1.37 bits per heavy atom. The molecule has 1 unspecified atom stereocenters. The third-order valence-electron chi connectivity index (χ3n) is 4.70. The number of amides is 1. The van der Waals surface area contributed by atoms with Crippen molar-refractivity contribution in [1.29, 1.82) is 0 Å². The van der Waals surface area contributed by atoms with Gasteiger partial charge in [-0.15, -0.1) is 0 Å². The largest absolute Gasteiger partial charge is 0.381 e. The summed E-state index contributed by atoms with van der Waals surface area (Å²) in [6.07, 6.45) is 9.54. The van der Waals surface area contributed by atoms with Gasteiger partial charge in [-0.2, -0.15) is 0 Å². The molecule has 2 fully saturated rings. The van der Waals surface area contributed by atoms with Crippen LogP contribution in [-0.4, -0.2) is 47.1 Å². The lowest BCUT2D eigenvalue weighted by Gasteiger charge is -2.53. The zero-order valence-corrected chi connectivity index (χ0v) is 11.2. The van der Waals surface area contributed by atoms with Crippen LogP contribution in [0, 0.1) is 5.41 Å². The van der Waals surface area contributed by atoms with Crippen molar-refractivity contribution in [2.75, 3.05) is 20.2 Å². The summed E-state index contributed by atoms with van der Waals surface area (Å²) in [5, 5.41) is 0.